The van der Waals surface area contributed by atoms with Gasteiger partial charge in [-0.2, -0.15) is 4.98 Å². The van der Waals surface area contributed by atoms with Crippen molar-refractivity contribution in [2.24, 2.45) is 5.73 Å². The maximum absolute atomic E-state index is 5.70. The Morgan fingerprint density at radius 1 is 1.24 bits per heavy atom. The molecule has 0 saturated heterocycles. The van der Waals surface area contributed by atoms with Gasteiger partial charge in [-0.15, -0.1) is 12.4 Å². The number of methoxy groups -OCH3 is 2. The van der Waals surface area contributed by atoms with E-state index in [-0.39, 0.29) is 18.4 Å². The Morgan fingerprint density at radius 2 is 1.95 bits per heavy atom. The number of nitrogens with two attached hydrogens (primary N) is 1. The lowest BCUT2D eigenvalue weighted by molar-refractivity contribution is 0.354. The van der Waals surface area contributed by atoms with Crippen LogP contribution in [0.2, 0.25) is 0 Å². The highest BCUT2D eigenvalue weighted by molar-refractivity contribution is 5.85. The van der Waals surface area contributed by atoms with E-state index in [2.05, 4.69) is 10.1 Å². The zero-order valence-corrected chi connectivity index (χ0v) is 13.1. The summed E-state index contributed by atoms with van der Waals surface area (Å²) in [6.07, 6.45) is 1.15. The molecule has 0 spiro atoms. The number of hydrogen-bond acceptors (Lipinski definition) is 6. The first-order chi connectivity index (χ1) is 9.62. The summed E-state index contributed by atoms with van der Waals surface area (Å²) in [5.41, 5.74) is 6.72. The van der Waals surface area contributed by atoms with Crippen LogP contribution in [-0.2, 0) is 12.8 Å². The van der Waals surface area contributed by atoms with Crippen LogP contribution in [-0.4, -0.2) is 30.4 Å². The molecule has 0 aliphatic carbocycles. The Kier molecular flexibility index (Phi) is 6.45. The lowest BCUT2D eigenvalue weighted by atomic mass is 10.1. The van der Waals surface area contributed by atoms with E-state index in [1.165, 1.54) is 0 Å². The lowest BCUT2D eigenvalue weighted by Crippen LogP contribution is -2.17. The molecule has 2 aromatic rings. The predicted octanol–water partition coefficient (Wildman–Crippen LogP) is 1.99. The van der Waals surface area contributed by atoms with Crippen molar-refractivity contribution in [2.45, 2.75) is 25.8 Å². The van der Waals surface area contributed by atoms with Crippen LogP contribution in [0.1, 0.15) is 24.2 Å². The van der Waals surface area contributed by atoms with E-state index in [4.69, 9.17) is 19.7 Å². The third-order valence-corrected chi connectivity index (χ3v) is 2.82. The van der Waals surface area contributed by atoms with Crippen molar-refractivity contribution in [1.82, 2.24) is 10.1 Å². The van der Waals surface area contributed by atoms with Crippen LogP contribution in [0.5, 0.6) is 11.5 Å². The topological polar surface area (TPSA) is 83.4 Å². The van der Waals surface area contributed by atoms with Crippen LogP contribution in [0.3, 0.4) is 0 Å². The molecular formula is C14H20ClN3O3. The molecule has 0 aliphatic heterocycles. The molecule has 1 aromatic carbocycles. The predicted molar refractivity (Wildman–Crippen MR) is 81.3 cm³/mol. The van der Waals surface area contributed by atoms with Gasteiger partial charge in [-0.3, -0.25) is 0 Å². The van der Waals surface area contributed by atoms with Gasteiger partial charge in [-0.05, 0) is 24.6 Å². The van der Waals surface area contributed by atoms with Crippen LogP contribution in [0, 0.1) is 0 Å². The minimum atomic E-state index is 0. The normalized spacial score (nSPS) is 11.6. The molecule has 0 radical (unpaired) electrons. The van der Waals surface area contributed by atoms with Gasteiger partial charge in [0, 0.05) is 18.9 Å². The summed E-state index contributed by atoms with van der Waals surface area (Å²) >= 11 is 0. The molecule has 7 heteroatoms. The second kappa shape index (κ2) is 7.85. The lowest BCUT2D eigenvalue weighted by Gasteiger charge is -2.08. The van der Waals surface area contributed by atoms with Crippen molar-refractivity contribution >= 4 is 12.4 Å². The van der Waals surface area contributed by atoms with Crippen molar-refractivity contribution in [2.75, 3.05) is 14.2 Å². The number of aromatic nitrogens is 2. The summed E-state index contributed by atoms with van der Waals surface area (Å²) in [6, 6.07) is 5.71. The molecule has 21 heavy (non-hydrogen) atoms. The van der Waals surface area contributed by atoms with Crippen molar-refractivity contribution in [3.05, 3.63) is 35.5 Å². The largest absolute Gasteiger partial charge is 0.493 e. The van der Waals surface area contributed by atoms with Gasteiger partial charge < -0.3 is 19.7 Å². The molecule has 0 fully saturated rings. The van der Waals surface area contributed by atoms with Crippen molar-refractivity contribution in [3.8, 4) is 11.5 Å². The monoisotopic (exact) mass is 313 g/mol. The van der Waals surface area contributed by atoms with Gasteiger partial charge in [-0.25, -0.2) is 0 Å². The van der Waals surface area contributed by atoms with E-state index >= 15 is 0 Å². The Labute approximate surface area is 130 Å². The molecule has 0 saturated carbocycles. The molecule has 0 amide bonds. The molecule has 1 aromatic heterocycles. The molecule has 0 aliphatic rings. The second-order valence-corrected chi connectivity index (χ2v) is 4.65. The zero-order valence-electron chi connectivity index (χ0n) is 12.3. The average molecular weight is 314 g/mol. The minimum Gasteiger partial charge on any atom is -0.493 e. The smallest absolute Gasteiger partial charge is 0.228 e. The average Bonchev–Trinajstić information content (AvgIpc) is 2.85. The second-order valence-electron chi connectivity index (χ2n) is 4.65. The first-order valence-corrected chi connectivity index (χ1v) is 6.40. The quantitative estimate of drug-likeness (QED) is 0.878. The number of ether oxygens (including phenoxy) is 2. The van der Waals surface area contributed by atoms with E-state index in [1.807, 2.05) is 25.1 Å². The maximum atomic E-state index is 5.70. The van der Waals surface area contributed by atoms with Crippen LogP contribution in [0.15, 0.2) is 22.7 Å². The van der Waals surface area contributed by atoms with Crippen molar-refractivity contribution < 1.29 is 14.0 Å². The van der Waals surface area contributed by atoms with Gasteiger partial charge in [0.25, 0.3) is 0 Å². The zero-order chi connectivity index (χ0) is 14.5. The summed E-state index contributed by atoms with van der Waals surface area (Å²) in [6.45, 7) is 1.90. The molecular weight excluding hydrogens is 294 g/mol. The highest BCUT2D eigenvalue weighted by Crippen LogP contribution is 2.28. The molecule has 1 atom stereocenters. The third-order valence-electron chi connectivity index (χ3n) is 2.82. The van der Waals surface area contributed by atoms with Gasteiger partial charge >= 0.3 is 0 Å². The third kappa shape index (κ3) is 4.61. The van der Waals surface area contributed by atoms with E-state index in [9.17, 15) is 0 Å². The van der Waals surface area contributed by atoms with Crippen LogP contribution in [0.25, 0.3) is 0 Å². The van der Waals surface area contributed by atoms with Crippen LogP contribution < -0.4 is 15.2 Å². The van der Waals surface area contributed by atoms with Gasteiger partial charge in [0.05, 0.1) is 14.2 Å². The van der Waals surface area contributed by atoms with Crippen molar-refractivity contribution in [1.29, 1.82) is 0 Å². The van der Waals surface area contributed by atoms with Crippen molar-refractivity contribution in [3.63, 3.8) is 0 Å². The number of rotatable bonds is 6. The van der Waals surface area contributed by atoms with Crippen LogP contribution in [0.4, 0.5) is 0 Å². The molecule has 116 valence electrons. The van der Waals surface area contributed by atoms with E-state index in [1.54, 1.807) is 14.2 Å². The minimum absolute atomic E-state index is 0. The fourth-order valence-electron chi connectivity index (χ4n) is 1.89. The fraction of sp³-hybridized carbons (Fsp3) is 0.429. The Bertz CT molecular complexity index is 572. The summed E-state index contributed by atoms with van der Waals surface area (Å²) in [7, 11) is 3.22. The summed E-state index contributed by atoms with van der Waals surface area (Å²) in [4.78, 5) is 4.31. The van der Waals surface area contributed by atoms with Gasteiger partial charge in [-0.1, -0.05) is 11.2 Å². The van der Waals surface area contributed by atoms with Crippen LogP contribution >= 0.6 is 12.4 Å². The van der Waals surface area contributed by atoms with Gasteiger partial charge in [0.2, 0.25) is 5.89 Å². The number of hydrogen-bond donors (Lipinski definition) is 1. The Hall–Kier alpha value is -1.79. The highest BCUT2D eigenvalue weighted by atomic mass is 35.5. The number of benzene rings is 1. The molecule has 1 unspecified atom stereocenters. The molecule has 0 bridgehead atoms. The summed E-state index contributed by atoms with van der Waals surface area (Å²) in [5, 5.41) is 3.95. The summed E-state index contributed by atoms with van der Waals surface area (Å²) < 4.78 is 15.6. The van der Waals surface area contributed by atoms with E-state index in [0.29, 0.717) is 36.1 Å². The maximum Gasteiger partial charge on any atom is 0.228 e. The molecule has 2 N–H and O–H groups in total. The molecule has 2 rings (SSSR count). The van der Waals surface area contributed by atoms with Gasteiger partial charge in [0.15, 0.2) is 17.3 Å². The first kappa shape index (κ1) is 17.3. The fourth-order valence-corrected chi connectivity index (χ4v) is 1.89. The number of halogens is 1. The summed E-state index contributed by atoms with van der Waals surface area (Å²) in [5.74, 6) is 2.58. The number of nitrogens with zero attached hydrogens (tertiary/aromatic N) is 2. The highest BCUT2D eigenvalue weighted by Gasteiger charge is 2.11. The molecule has 6 nitrogen and oxygen atoms in total. The molecule has 1 heterocycles. The standard InChI is InChI=1S/C14H19N3O3.ClH/c1-9(15)6-14-16-13(17-20-14)8-10-4-5-11(18-2)12(7-10)19-3;/h4-5,7,9H,6,8,15H2,1-3H3;1H. The van der Waals surface area contributed by atoms with E-state index < -0.39 is 0 Å². The Balaban J connectivity index is 0.00000220. The SMILES string of the molecule is COc1ccc(Cc2noc(CC(C)N)n2)cc1OC.Cl. The Morgan fingerprint density at radius 3 is 2.57 bits per heavy atom. The first-order valence-electron chi connectivity index (χ1n) is 6.40. The van der Waals surface area contributed by atoms with Gasteiger partial charge in [0.1, 0.15) is 0 Å². The van der Waals surface area contributed by atoms with E-state index in [0.717, 1.165) is 5.56 Å².